The predicted octanol–water partition coefficient (Wildman–Crippen LogP) is 8.31. The number of aryl methyl sites for hydroxylation is 5. The Hall–Kier alpha value is -3.91. The Bertz CT molecular complexity index is 1770. The van der Waals surface area contributed by atoms with E-state index in [9.17, 15) is 4.79 Å². The van der Waals surface area contributed by atoms with Crippen LogP contribution < -0.4 is 4.74 Å². The van der Waals surface area contributed by atoms with E-state index in [-0.39, 0.29) is 5.78 Å². The molecular formula is C34H28O2. The molecule has 0 saturated carbocycles. The normalized spacial score (nSPS) is 18.2. The molecule has 1 aliphatic heterocycles. The second-order valence-corrected chi connectivity index (χ2v) is 10.8. The molecule has 1 spiro atoms. The van der Waals surface area contributed by atoms with Crippen molar-refractivity contribution in [2.24, 2.45) is 0 Å². The van der Waals surface area contributed by atoms with E-state index in [4.69, 9.17) is 4.74 Å². The molecule has 0 fully saturated rings. The zero-order valence-electron chi connectivity index (χ0n) is 21.2. The van der Waals surface area contributed by atoms with Gasteiger partial charge in [-0.15, -0.1) is 0 Å². The van der Waals surface area contributed by atoms with Gasteiger partial charge >= 0.3 is 0 Å². The molecule has 5 aromatic carbocycles. The molecule has 1 unspecified atom stereocenters. The Labute approximate surface area is 211 Å². The van der Waals surface area contributed by atoms with E-state index in [0.717, 1.165) is 45.4 Å². The second-order valence-electron chi connectivity index (χ2n) is 10.8. The number of ether oxygens (including phenoxy) is 1. The average molecular weight is 469 g/mol. The van der Waals surface area contributed by atoms with E-state index >= 15 is 0 Å². The van der Waals surface area contributed by atoms with Gasteiger partial charge in [0.2, 0.25) is 5.78 Å². The topological polar surface area (TPSA) is 26.3 Å². The third-order valence-corrected chi connectivity index (χ3v) is 8.17. The summed E-state index contributed by atoms with van der Waals surface area (Å²) in [5.74, 6) is 0.937. The molecule has 1 aliphatic carbocycles. The molecule has 0 aromatic heterocycles. The summed E-state index contributed by atoms with van der Waals surface area (Å²) in [4.78, 5) is 14.3. The number of fused-ring (bicyclic) bond motifs is 10. The first kappa shape index (κ1) is 21.4. The minimum atomic E-state index is -1.02. The van der Waals surface area contributed by atoms with Crippen molar-refractivity contribution in [2.45, 2.75) is 46.1 Å². The smallest absolute Gasteiger partial charge is 0.211 e. The van der Waals surface area contributed by atoms with Crippen LogP contribution in [0.2, 0.25) is 0 Å². The van der Waals surface area contributed by atoms with Gasteiger partial charge < -0.3 is 4.74 Å². The highest BCUT2D eigenvalue weighted by Gasteiger charge is 2.50. The van der Waals surface area contributed by atoms with E-state index in [1.54, 1.807) is 0 Å². The van der Waals surface area contributed by atoms with Crippen molar-refractivity contribution in [2.75, 3.05) is 0 Å². The van der Waals surface area contributed by atoms with Crippen molar-refractivity contribution in [3.8, 4) is 16.9 Å². The molecule has 0 amide bonds. The Kier molecular flexibility index (Phi) is 4.34. The molecule has 1 heterocycles. The lowest BCUT2D eigenvalue weighted by Crippen LogP contribution is -2.47. The van der Waals surface area contributed by atoms with Crippen LogP contribution in [0, 0.1) is 27.7 Å². The van der Waals surface area contributed by atoms with Crippen molar-refractivity contribution in [3.63, 3.8) is 0 Å². The quantitative estimate of drug-likeness (QED) is 0.214. The third kappa shape index (κ3) is 2.82. The van der Waals surface area contributed by atoms with Gasteiger partial charge in [-0.3, -0.25) is 4.79 Å². The van der Waals surface area contributed by atoms with Crippen molar-refractivity contribution >= 4 is 27.3 Å². The van der Waals surface area contributed by atoms with Gasteiger partial charge in [0.05, 0.1) is 0 Å². The summed E-state index contributed by atoms with van der Waals surface area (Å²) in [6, 6.07) is 25.9. The fraction of sp³-hybridized carbons (Fsp3) is 0.206. The van der Waals surface area contributed by atoms with E-state index in [2.05, 4.69) is 88.4 Å². The van der Waals surface area contributed by atoms with Gasteiger partial charge in [0.1, 0.15) is 5.75 Å². The molecule has 2 heteroatoms. The highest BCUT2D eigenvalue weighted by atomic mass is 16.5. The molecule has 0 saturated heterocycles. The standard InChI is InChI=1S/C34H28O2/c1-19-5-9-23-25-13-14-34(36-32(25)24-10-6-20(2)16-28(24)27(23)15-19)31-12-8-22(4)18-30(31)29-17-21(3)7-11-26(29)33(34)35/h5-12,15-18H,13-14H2,1-4H3. The monoisotopic (exact) mass is 468 g/mol. The van der Waals surface area contributed by atoms with Gasteiger partial charge in [-0.2, -0.15) is 0 Å². The summed E-state index contributed by atoms with van der Waals surface area (Å²) in [7, 11) is 0. The Morgan fingerprint density at radius 1 is 0.611 bits per heavy atom. The summed E-state index contributed by atoms with van der Waals surface area (Å²) in [5.41, 5.74) is 8.89. The number of carbonyl (C=O) groups is 1. The van der Waals surface area contributed by atoms with Gasteiger partial charge in [-0.05, 0) is 61.4 Å². The van der Waals surface area contributed by atoms with E-state index in [1.165, 1.54) is 38.4 Å². The SMILES string of the molecule is Cc1ccc2c(c1)-c1cc(C)ccc1C1(CCc3c(c4ccc(C)cc4c4cc(C)ccc34)O1)C2=O. The van der Waals surface area contributed by atoms with Crippen LogP contribution >= 0.6 is 0 Å². The van der Waals surface area contributed by atoms with Gasteiger partial charge in [0.25, 0.3) is 0 Å². The summed E-state index contributed by atoms with van der Waals surface area (Å²) in [6.45, 7) is 8.47. The van der Waals surface area contributed by atoms with Crippen LogP contribution in [0.25, 0.3) is 32.7 Å². The van der Waals surface area contributed by atoms with Gasteiger partial charge in [0, 0.05) is 28.5 Å². The Morgan fingerprint density at radius 3 is 1.94 bits per heavy atom. The van der Waals surface area contributed by atoms with Crippen LogP contribution in [-0.4, -0.2) is 5.78 Å². The largest absolute Gasteiger partial charge is 0.473 e. The third-order valence-electron chi connectivity index (χ3n) is 8.17. The molecule has 0 N–H and O–H groups in total. The van der Waals surface area contributed by atoms with Gasteiger partial charge in [0.15, 0.2) is 5.60 Å². The zero-order chi connectivity index (χ0) is 24.8. The lowest BCUT2D eigenvalue weighted by molar-refractivity contribution is 0.0337. The minimum absolute atomic E-state index is 0.0729. The van der Waals surface area contributed by atoms with Gasteiger partial charge in [-0.1, -0.05) is 95.1 Å². The molecule has 1 atom stereocenters. The number of hydrogen-bond donors (Lipinski definition) is 0. The first-order valence-corrected chi connectivity index (χ1v) is 12.8. The Morgan fingerprint density at radius 2 is 1.19 bits per heavy atom. The lowest BCUT2D eigenvalue weighted by atomic mass is 9.70. The number of rotatable bonds is 0. The molecule has 176 valence electrons. The fourth-order valence-corrected chi connectivity index (χ4v) is 6.40. The van der Waals surface area contributed by atoms with E-state index in [0.29, 0.717) is 6.42 Å². The molecule has 2 nitrogen and oxygen atoms in total. The van der Waals surface area contributed by atoms with Crippen LogP contribution in [0.4, 0.5) is 0 Å². The summed E-state index contributed by atoms with van der Waals surface area (Å²) >= 11 is 0. The second kappa shape index (κ2) is 7.30. The Balaban J connectivity index is 1.54. The van der Waals surface area contributed by atoms with Crippen molar-refractivity contribution in [1.29, 1.82) is 0 Å². The van der Waals surface area contributed by atoms with Crippen LogP contribution in [0.3, 0.4) is 0 Å². The van der Waals surface area contributed by atoms with Gasteiger partial charge in [-0.25, -0.2) is 0 Å². The number of carbonyl (C=O) groups excluding carboxylic acids is 1. The highest BCUT2D eigenvalue weighted by Crippen LogP contribution is 2.53. The number of benzene rings is 5. The van der Waals surface area contributed by atoms with E-state index in [1.807, 2.05) is 12.1 Å². The summed E-state index contributed by atoms with van der Waals surface area (Å²) in [6.07, 6.45) is 1.42. The van der Waals surface area contributed by atoms with E-state index < -0.39 is 5.60 Å². The molecule has 5 aromatic rings. The average Bonchev–Trinajstić information content (AvgIpc) is 2.87. The van der Waals surface area contributed by atoms with Crippen LogP contribution in [-0.2, 0) is 12.0 Å². The number of ketones is 1. The van der Waals surface area contributed by atoms with Crippen molar-refractivity contribution < 1.29 is 9.53 Å². The number of hydrogen-bond acceptors (Lipinski definition) is 2. The molecular weight excluding hydrogens is 440 g/mol. The molecule has 0 bridgehead atoms. The number of Topliss-reactive ketones (excluding diaryl/α,β-unsaturated/α-hetero) is 1. The van der Waals surface area contributed by atoms with Crippen LogP contribution in [0.5, 0.6) is 5.75 Å². The highest BCUT2D eigenvalue weighted by molar-refractivity contribution is 6.15. The first-order chi connectivity index (χ1) is 17.4. The minimum Gasteiger partial charge on any atom is -0.473 e. The molecule has 2 aliphatic rings. The predicted molar refractivity (Wildman–Crippen MR) is 147 cm³/mol. The van der Waals surface area contributed by atoms with Crippen LogP contribution in [0.15, 0.2) is 72.8 Å². The molecule has 7 rings (SSSR count). The first-order valence-electron chi connectivity index (χ1n) is 12.8. The molecule has 36 heavy (non-hydrogen) atoms. The lowest BCUT2D eigenvalue weighted by Gasteiger charge is -2.42. The maximum Gasteiger partial charge on any atom is 0.211 e. The summed E-state index contributed by atoms with van der Waals surface area (Å²) < 4.78 is 7.07. The zero-order valence-corrected chi connectivity index (χ0v) is 21.2. The van der Waals surface area contributed by atoms with Crippen molar-refractivity contribution in [1.82, 2.24) is 0 Å². The van der Waals surface area contributed by atoms with Crippen LogP contribution in [0.1, 0.15) is 50.2 Å². The fourth-order valence-electron chi connectivity index (χ4n) is 6.40. The summed E-state index contributed by atoms with van der Waals surface area (Å²) in [5, 5.41) is 4.77. The van der Waals surface area contributed by atoms with Crippen molar-refractivity contribution in [3.05, 3.63) is 112 Å². The molecule has 0 radical (unpaired) electrons. The maximum atomic E-state index is 14.3. The maximum absolute atomic E-state index is 14.3.